The Morgan fingerprint density at radius 1 is 1.22 bits per heavy atom. The fourth-order valence-electron chi connectivity index (χ4n) is 4.36. The van der Waals surface area contributed by atoms with Crippen LogP contribution in [-0.2, 0) is 16.1 Å². The standard InChI is InChI=1S/C22H28N2O3/c1-15-19(21(26)27-14-17-8-6-5-7-9-17)13-23-24(15)18-10-11-20(16(2)25)22(3,4)12-18/h5-9,13,18,20H,10-12,14H2,1-4H3/t18-,20+/m0/s1. The van der Waals surface area contributed by atoms with Crippen molar-refractivity contribution in [3.63, 3.8) is 0 Å². The van der Waals surface area contributed by atoms with E-state index in [0.29, 0.717) is 5.56 Å². The van der Waals surface area contributed by atoms with Crippen molar-refractivity contribution in [1.29, 1.82) is 0 Å². The third-order valence-electron chi connectivity index (χ3n) is 5.81. The fourth-order valence-corrected chi connectivity index (χ4v) is 4.36. The summed E-state index contributed by atoms with van der Waals surface area (Å²) in [6.45, 7) is 8.15. The lowest BCUT2D eigenvalue weighted by atomic mass is 9.66. The maximum atomic E-state index is 12.5. The Balaban J connectivity index is 1.70. The van der Waals surface area contributed by atoms with Crippen LogP contribution in [0.4, 0.5) is 0 Å². The lowest BCUT2D eigenvalue weighted by molar-refractivity contribution is -0.126. The molecule has 1 aromatic heterocycles. The van der Waals surface area contributed by atoms with Gasteiger partial charge in [-0.05, 0) is 44.1 Å². The number of ether oxygens (including phenoxy) is 1. The molecule has 0 bridgehead atoms. The van der Waals surface area contributed by atoms with Crippen molar-refractivity contribution < 1.29 is 14.3 Å². The molecule has 1 heterocycles. The minimum absolute atomic E-state index is 0.0683. The average molecular weight is 368 g/mol. The smallest absolute Gasteiger partial charge is 0.341 e. The first-order valence-corrected chi connectivity index (χ1v) is 9.55. The van der Waals surface area contributed by atoms with E-state index in [1.165, 1.54) is 0 Å². The Labute approximate surface area is 160 Å². The quantitative estimate of drug-likeness (QED) is 0.729. The predicted molar refractivity (Wildman–Crippen MR) is 103 cm³/mol. The number of hydrogen-bond donors (Lipinski definition) is 0. The third kappa shape index (κ3) is 4.12. The first-order valence-electron chi connectivity index (χ1n) is 9.55. The molecule has 3 rings (SSSR count). The Bertz CT molecular complexity index is 823. The van der Waals surface area contributed by atoms with E-state index in [-0.39, 0.29) is 35.7 Å². The molecule has 1 fully saturated rings. The number of aromatic nitrogens is 2. The van der Waals surface area contributed by atoms with Crippen molar-refractivity contribution in [2.75, 3.05) is 0 Å². The van der Waals surface area contributed by atoms with Crippen molar-refractivity contribution in [1.82, 2.24) is 9.78 Å². The van der Waals surface area contributed by atoms with E-state index in [1.54, 1.807) is 13.1 Å². The summed E-state index contributed by atoms with van der Waals surface area (Å²) in [6.07, 6.45) is 4.24. The van der Waals surface area contributed by atoms with Gasteiger partial charge in [0.05, 0.1) is 17.9 Å². The van der Waals surface area contributed by atoms with E-state index in [9.17, 15) is 9.59 Å². The minimum Gasteiger partial charge on any atom is -0.457 e. The van der Waals surface area contributed by atoms with Gasteiger partial charge in [-0.2, -0.15) is 5.10 Å². The lowest BCUT2D eigenvalue weighted by Crippen LogP contribution is -2.37. The van der Waals surface area contributed by atoms with Crippen molar-refractivity contribution in [2.24, 2.45) is 11.3 Å². The second-order valence-corrected chi connectivity index (χ2v) is 8.24. The zero-order valence-electron chi connectivity index (χ0n) is 16.6. The van der Waals surface area contributed by atoms with Crippen LogP contribution in [0.3, 0.4) is 0 Å². The molecule has 5 heteroatoms. The van der Waals surface area contributed by atoms with E-state index >= 15 is 0 Å². The maximum absolute atomic E-state index is 12.5. The molecule has 2 atom stereocenters. The zero-order valence-corrected chi connectivity index (χ0v) is 16.6. The second kappa shape index (κ2) is 7.67. The number of benzene rings is 1. The number of ketones is 1. The van der Waals surface area contributed by atoms with Crippen LogP contribution < -0.4 is 0 Å². The summed E-state index contributed by atoms with van der Waals surface area (Å²) < 4.78 is 7.39. The van der Waals surface area contributed by atoms with E-state index in [0.717, 1.165) is 30.5 Å². The summed E-state index contributed by atoms with van der Waals surface area (Å²) in [7, 11) is 0. The molecule has 144 valence electrons. The summed E-state index contributed by atoms with van der Waals surface area (Å²) >= 11 is 0. The van der Waals surface area contributed by atoms with Crippen LogP contribution in [0.5, 0.6) is 0 Å². The Morgan fingerprint density at radius 2 is 1.93 bits per heavy atom. The summed E-state index contributed by atoms with van der Waals surface area (Å²) in [4.78, 5) is 24.4. The highest BCUT2D eigenvalue weighted by atomic mass is 16.5. The molecular weight excluding hydrogens is 340 g/mol. The third-order valence-corrected chi connectivity index (χ3v) is 5.81. The van der Waals surface area contributed by atoms with Gasteiger partial charge < -0.3 is 4.74 Å². The number of rotatable bonds is 5. The zero-order chi connectivity index (χ0) is 19.6. The molecule has 27 heavy (non-hydrogen) atoms. The first kappa shape index (κ1) is 19.3. The van der Waals surface area contributed by atoms with Crippen LogP contribution in [0.1, 0.15) is 67.7 Å². The van der Waals surface area contributed by atoms with Crippen LogP contribution in [-0.4, -0.2) is 21.5 Å². The lowest BCUT2D eigenvalue weighted by Gasteiger charge is -2.41. The van der Waals surface area contributed by atoms with Crippen molar-refractivity contribution in [2.45, 2.75) is 59.6 Å². The van der Waals surface area contributed by atoms with Crippen LogP contribution >= 0.6 is 0 Å². The van der Waals surface area contributed by atoms with Gasteiger partial charge >= 0.3 is 5.97 Å². The molecule has 5 nitrogen and oxygen atoms in total. The van der Waals surface area contributed by atoms with Gasteiger partial charge in [-0.25, -0.2) is 4.79 Å². The molecule has 1 aromatic carbocycles. The Morgan fingerprint density at radius 3 is 2.56 bits per heavy atom. The summed E-state index contributed by atoms with van der Waals surface area (Å²) in [5.74, 6) is 0.0139. The highest BCUT2D eigenvalue weighted by Crippen LogP contribution is 2.45. The Kier molecular flexibility index (Phi) is 5.49. The van der Waals surface area contributed by atoms with E-state index < -0.39 is 0 Å². The molecule has 1 saturated carbocycles. The molecule has 1 aliphatic rings. The van der Waals surface area contributed by atoms with E-state index in [4.69, 9.17) is 4.74 Å². The molecule has 0 amide bonds. The summed E-state index contributed by atoms with van der Waals surface area (Å²) in [5.41, 5.74) is 2.23. The largest absolute Gasteiger partial charge is 0.457 e. The molecule has 0 spiro atoms. The molecule has 0 saturated heterocycles. The van der Waals surface area contributed by atoms with Gasteiger partial charge in [-0.15, -0.1) is 0 Å². The SMILES string of the molecule is CC(=O)[C@H]1CC[C@H](n2ncc(C(=O)OCc3ccccc3)c2C)CC1(C)C. The van der Waals surface area contributed by atoms with Crippen molar-refractivity contribution in [3.8, 4) is 0 Å². The molecule has 2 aromatic rings. The normalized spacial score (nSPS) is 21.6. The van der Waals surface area contributed by atoms with Gasteiger partial charge in [0.15, 0.2) is 0 Å². The predicted octanol–water partition coefficient (Wildman–Crippen LogP) is 4.50. The maximum Gasteiger partial charge on any atom is 0.341 e. The summed E-state index contributed by atoms with van der Waals surface area (Å²) in [5, 5.41) is 4.48. The van der Waals surface area contributed by atoms with Gasteiger partial charge in [0.25, 0.3) is 0 Å². The molecular formula is C22H28N2O3. The minimum atomic E-state index is -0.348. The van der Waals surface area contributed by atoms with Gasteiger partial charge in [0, 0.05) is 5.92 Å². The molecule has 0 radical (unpaired) electrons. The number of nitrogens with zero attached hydrogens (tertiary/aromatic N) is 2. The number of hydrogen-bond acceptors (Lipinski definition) is 4. The molecule has 1 aliphatic carbocycles. The second-order valence-electron chi connectivity index (χ2n) is 8.24. The average Bonchev–Trinajstić information content (AvgIpc) is 3.01. The number of esters is 1. The highest BCUT2D eigenvalue weighted by Gasteiger charge is 2.40. The Hall–Kier alpha value is -2.43. The van der Waals surface area contributed by atoms with Gasteiger partial charge in [-0.3, -0.25) is 9.48 Å². The van der Waals surface area contributed by atoms with Crippen molar-refractivity contribution in [3.05, 3.63) is 53.3 Å². The number of carbonyl (C=O) groups is 2. The number of Topliss-reactive ketones (excluding diaryl/α,β-unsaturated/α-hetero) is 1. The van der Waals surface area contributed by atoms with Crippen LogP contribution in [0.25, 0.3) is 0 Å². The van der Waals surface area contributed by atoms with Crippen molar-refractivity contribution >= 4 is 11.8 Å². The van der Waals surface area contributed by atoms with Crippen LogP contribution in [0.15, 0.2) is 36.5 Å². The van der Waals surface area contributed by atoms with Gasteiger partial charge in [0.1, 0.15) is 18.0 Å². The summed E-state index contributed by atoms with van der Waals surface area (Å²) in [6, 6.07) is 9.84. The van der Waals surface area contributed by atoms with Crippen LogP contribution in [0, 0.1) is 18.3 Å². The monoisotopic (exact) mass is 368 g/mol. The van der Waals surface area contributed by atoms with Crippen LogP contribution in [0.2, 0.25) is 0 Å². The molecule has 0 aliphatic heterocycles. The van der Waals surface area contributed by atoms with Gasteiger partial charge in [-0.1, -0.05) is 44.2 Å². The van der Waals surface area contributed by atoms with E-state index in [1.807, 2.05) is 41.9 Å². The highest BCUT2D eigenvalue weighted by molar-refractivity contribution is 5.90. The molecule has 0 N–H and O–H groups in total. The fraction of sp³-hybridized carbons (Fsp3) is 0.500. The number of carbonyl (C=O) groups excluding carboxylic acids is 2. The molecule has 0 unspecified atom stereocenters. The topological polar surface area (TPSA) is 61.2 Å². The first-order chi connectivity index (χ1) is 12.8. The van der Waals surface area contributed by atoms with Gasteiger partial charge in [0.2, 0.25) is 0 Å². The van der Waals surface area contributed by atoms with E-state index in [2.05, 4.69) is 18.9 Å².